The van der Waals surface area contributed by atoms with Crippen molar-refractivity contribution in [3.05, 3.63) is 64.7 Å². The summed E-state index contributed by atoms with van der Waals surface area (Å²) in [4.78, 5) is 27.9. The van der Waals surface area contributed by atoms with E-state index in [1.807, 2.05) is 50.2 Å². The summed E-state index contributed by atoms with van der Waals surface area (Å²) in [6.07, 6.45) is 1.63. The minimum Gasteiger partial charge on any atom is -0.507 e. The second-order valence-corrected chi connectivity index (χ2v) is 9.51. The number of nitrogens with zero attached hydrogens (tertiary/aromatic N) is 1. The van der Waals surface area contributed by atoms with Crippen LogP contribution in [0.15, 0.2) is 48.0 Å². The number of aliphatic hydroxyl groups excluding tert-OH is 1. The number of hydrogen-bond acceptors (Lipinski definition) is 5. The molecule has 1 aliphatic heterocycles. The molecule has 1 N–H and O–H groups in total. The molecule has 1 aliphatic rings. The average molecular weight is 466 g/mol. The summed E-state index contributed by atoms with van der Waals surface area (Å²) in [7, 11) is 1.52. The Morgan fingerprint density at radius 3 is 2.29 bits per heavy atom. The zero-order chi connectivity index (χ0) is 25.0. The summed E-state index contributed by atoms with van der Waals surface area (Å²) in [5.74, 6) is -0.360. The molecule has 2 aromatic carbocycles. The first-order valence-corrected chi connectivity index (χ1v) is 11.8. The van der Waals surface area contributed by atoms with Gasteiger partial charge in [-0.2, -0.15) is 0 Å². The van der Waals surface area contributed by atoms with Crippen molar-refractivity contribution in [2.24, 2.45) is 0 Å². The summed E-state index contributed by atoms with van der Waals surface area (Å²) in [6, 6.07) is 12.2. The van der Waals surface area contributed by atoms with Crippen LogP contribution in [0.25, 0.3) is 5.76 Å². The minimum absolute atomic E-state index is 0.0784. The molecule has 2 aromatic rings. The molecule has 0 saturated carbocycles. The standard InChI is InChI=1S/C28H35NO5/c1-7-9-16-29-24(18-10-13-20(14-11-18)34-8-2)23(26(31)27(29)32)25(30)21-17-19(28(3,4)5)12-15-22(21)33-6/h10-15,17,24,30H,7-9,16H2,1-6H3/b25-23+. The summed E-state index contributed by atoms with van der Waals surface area (Å²) in [5.41, 5.74) is 2.02. The van der Waals surface area contributed by atoms with Crippen molar-refractivity contribution in [3.63, 3.8) is 0 Å². The number of Topliss-reactive ketones (excluding diaryl/α,β-unsaturated/α-hetero) is 1. The summed E-state index contributed by atoms with van der Waals surface area (Å²) < 4.78 is 11.1. The van der Waals surface area contributed by atoms with Crippen molar-refractivity contribution in [2.45, 2.75) is 58.9 Å². The lowest BCUT2D eigenvalue weighted by Gasteiger charge is -2.26. The maximum atomic E-state index is 13.3. The molecule has 0 spiro atoms. The molecule has 0 radical (unpaired) electrons. The average Bonchev–Trinajstić information content (AvgIpc) is 3.06. The fourth-order valence-corrected chi connectivity index (χ4v) is 4.20. The first kappa shape index (κ1) is 25.3. The Morgan fingerprint density at radius 2 is 1.74 bits per heavy atom. The summed E-state index contributed by atoms with van der Waals surface area (Å²) >= 11 is 0. The maximum absolute atomic E-state index is 13.3. The van der Waals surface area contributed by atoms with Crippen LogP contribution in [0.1, 0.15) is 70.2 Å². The van der Waals surface area contributed by atoms with Crippen LogP contribution in [0.3, 0.4) is 0 Å². The lowest BCUT2D eigenvalue weighted by Crippen LogP contribution is -2.30. The van der Waals surface area contributed by atoms with Gasteiger partial charge >= 0.3 is 0 Å². The van der Waals surface area contributed by atoms with Crippen LogP contribution in [0.2, 0.25) is 0 Å². The van der Waals surface area contributed by atoms with E-state index in [1.165, 1.54) is 7.11 Å². The number of likely N-dealkylation sites (tertiary alicyclic amines) is 1. The predicted octanol–water partition coefficient (Wildman–Crippen LogP) is 5.61. The zero-order valence-corrected chi connectivity index (χ0v) is 21.0. The smallest absolute Gasteiger partial charge is 0.295 e. The summed E-state index contributed by atoms with van der Waals surface area (Å²) in [5, 5.41) is 11.5. The van der Waals surface area contributed by atoms with Crippen molar-refractivity contribution in [3.8, 4) is 11.5 Å². The van der Waals surface area contributed by atoms with Crippen LogP contribution < -0.4 is 9.47 Å². The van der Waals surface area contributed by atoms with E-state index in [4.69, 9.17) is 9.47 Å². The van der Waals surface area contributed by atoms with E-state index in [2.05, 4.69) is 20.8 Å². The van der Waals surface area contributed by atoms with E-state index in [1.54, 1.807) is 11.0 Å². The molecule has 1 atom stereocenters. The highest BCUT2D eigenvalue weighted by molar-refractivity contribution is 6.46. The number of ketones is 1. The van der Waals surface area contributed by atoms with Gasteiger partial charge in [-0.25, -0.2) is 0 Å². The van der Waals surface area contributed by atoms with Crippen molar-refractivity contribution in [2.75, 3.05) is 20.3 Å². The molecule has 0 aliphatic carbocycles. The maximum Gasteiger partial charge on any atom is 0.295 e. The van der Waals surface area contributed by atoms with Gasteiger partial charge in [0.15, 0.2) is 0 Å². The third-order valence-corrected chi connectivity index (χ3v) is 6.12. The van der Waals surface area contributed by atoms with Gasteiger partial charge in [0.25, 0.3) is 11.7 Å². The Labute approximate surface area is 202 Å². The molecular weight excluding hydrogens is 430 g/mol. The monoisotopic (exact) mass is 465 g/mol. The number of methoxy groups -OCH3 is 1. The quantitative estimate of drug-likeness (QED) is 0.311. The van der Waals surface area contributed by atoms with Crippen LogP contribution in [0.4, 0.5) is 0 Å². The molecule has 1 amide bonds. The van der Waals surface area contributed by atoms with Gasteiger partial charge in [-0.05, 0) is 54.2 Å². The number of aliphatic hydroxyl groups is 1. The third kappa shape index (κ3) is 4.96. The van der Waals surface area contributed by atoms with Crippen molar-refractivity contribution < 1.29 is 24.2 Å². The van der Waals surface area contributed by atoms with E-state index in [-0.39, 0.29) is 16.7 Å². The Bertz CT molecular complexity index is 1080. The first-order valence-electron chi connectivity index (χ1n) is 11.8. The van der Waals surface area contributed by atoms with E-state index in [0.29, 0.717) is 30.2 Å². The molecule has 1 saturated heterocycles. The Balaban J connectivity index is 2.21. The van der Waals surface area contributed by atoms with Gasteiger partial charge in [0, 0.05) is 6.54 Å². The Kier molecular flexibility index (Phi) is 7.70. The van der Waals surface area contributed by atoms with Crippen LogP contribution in [-0.4, -0.2) is 42.0 Å². The van der Waals surface area contributed by atoms with E-state index in [9.17, 15) is 14.7 Å². The highest BCUT2D eigenvalue weighted by atomic mass is 16.5. The highest BCUT2D eigenvalue weighted by Crippen LogP contribution is 2.42. The van der Waals surface area contributed by atoms with Gasteiger partial charge in [-0.15, -0.1) is 0 Å². The lowest BCUT2D eigenvalue weighted by atomic mass is 9.85. The van der Waals surface area contributed by atoms with Gasteiger partial charge < -0.3 is 19.5 Å². The molecule has 34 heavy (non-hydrogen) atoms. The largest absolute Gasteiger partial charge is 0.507 e. The lowest BCUT2D eigenvalue weighted by molar-refractivity contribution is -0.139. The molecule has 1 fully saturated rings. The fourth-order valence-electron chi connectivity index (χ4n) is 4.20. The van der Waals surface area contributed by atoms with Crippen molar-refractivity contribution in [1.82, 2.24) is 4.90 Å². The molecule has 6 nitrogen and oxygen atoms in total. The van der Waals surface area contributed by atoms with Crippen molar-refractivity contribution >= 4 is 17.4 Å². The number of amides is 1. The first-order chi connectivity index (χ1) is 16.1. The molecule has 6 heteroatoms. The SMILES string of the molecule is CCCCN1C(=O)C(=O)/C(=C(/O)c2cc(C(C)(C)C)ccc2OC)C1c1ccc(OCC)cc1. The molecule has 0 bridgehead atoms. The number of carbonyl (C=O) groups excluding carboxylic acids is 2. The second-order valence-electron chi connectivity index (χ2n) is 9.51. The molecule has 182 valence electrons. The molecular formula is C28H35NO5. The number of unbranched alkanes of at least 4 members (excludes halogenated alkanes) is 1. The Hall–Kier alpha value is -3.28. The van der Waals surface area contributed by atoms with Crippen LogP contribution in [0, 0.1) is 0 Å². The second kappa shape index (κ2) is 10.3. The van der Waals surface area contributed by atoms with Gasteiger partial charge in [-0.3, -0.25) is 9.59 Å². The van der Waals surface area contributed by atoms with E-state index in [0.717, 1.165) is 24.0 Å². The number of rotatable bonds is 8. The van der Waals surface area contributed by atoms with Gasteiger partial charge in [0.05, 0.1) is 30.9 Å². The fraction of sp³-hybridized carbons (Fsp3) is 0.429. The molecule has 3 rings (SSSR count). The van der Waals surface area contributed by atoms with Crippen LogP contribution >= 0.6 is 0 Å². The summed E-state index contributed by atoms with van der Waals surface area (Å²) in [6.45, 7) is 11.1. The zero-order valence-electron chi connectivity index (χ0n) is 21.0. The molecule has 0 aromatic heterocycles. The number of ether oxygens (including phenoxy) is 2. The Morgan fingerprint density at radius 1 is 1.06 bits per heavy atom. The van der Waals surface area contributed by atoms with Crippen LogP contribution in [-0.2, 0) is 15.0 Å². The predicted molar refractivity (Wildman–Crippen MR) is 133 cm³/mol. The van der Waals surface area contributed by atoms with E-state index >= 15 is 0 Å². The van der Waals surface area contributed by atoms with Gasteiger partial charge in [0.2, 0.25) is 0 Å². The van der Waals surface area contributed by atoms with E-state index < -0.39 is 17.7 Å². The van der Waals surface area contributed by atoms with Crippen LogP contribution in [0.5, 0.6) is 11.5 Å². The highest BCUT2D eigenvalue weighted by Gasteiger charge is 2.46. The van der Waals surface area contributed by atoms with Gasteiger partial charge in [-0.1, -0.05) is 52.3 Å². The normalized spacial score (nSPS) is 17.8. The molecule has 1 heterocycles. The molecule has 1 unspecified atom stereocenters. The van der Waals surface area contributed by atoms with Gasteiger partial charge in [0.1, 0.15) is 17.3 Å². The minimum atomic E-state index is -0.690. The number of benzene rings is 2. The number of hydrogen-bond donors (Lipinski definition) is 1. The third-order valence-electron chi connectivity index (χ3n) is 6.12. The topological polar surface area (TPSA) is 76.1 Å². The number of carbonyl (C=O) groups is 2. The van der Waals surface area contributed by atoms with Crippen molar-refractivity contribution in [1.29, 1.82) is 0 Å².